The van der Waals surface area contributed by atoms with E-state index >= 15 is 0 Å². The fraction of sp³-hybridized carbons (Fsp3) is 0.143. The lowest BCUT2D eigenvalue weighted by atomic mass is 10.3. The highest BCUT2D eigenvalue weighted by atomic mass is 32.2. The molecule has 0 bridgehead atoms. The van der Waals surface area contributed by atoms with Crippen molar-refractivity contribution < 1.29 is 13.5 Å². The van der Waals surface area contributed by atoms with Crippen molar-refractivity contribution in [3.63, 3.8) is 0 Å². The quantitative estimate of drug-likeness (QED) is 0.857. The Balaban J connectivity index is 2.24. The number of hydrogen-bond donors (Lipinski definition) is 1. The van der Waals surface area contributed by atoms with Crippen LogP contribution < -0.4 is 10.5 Å². The Hall–Kier alpha value is -1.75. The fourth-order valence-corrected chi connectivity index (χ4v) is 2.52. The zero-order chi connectivity index (χ0) is 13.8. The van der Waals surface area contributed by atoms with E-state index in [1.54, 1.807) is 12.1 Å². The summed E-state index contributed by atoms with van der Waals surface area (Å²) < 4.78 is 31.3. The third kappa shape index (κ3) is 3.61. The molecule has 0 aromatic heterocycles. The smallest absolute Gasteiger partial charge is 0.159 e. The molecule has 0 heterocycles. The summed E-state index contributed by atoms with van der Waals surface area (Å²) in [5.74, 6) is -1.06. The Morgan fingerprint density at radius 3 is 2.53 bits per heavy atom. The number of halogens is 2. The summed E-state index contributed by atoms with van der Waals surface area (Å²) in [5, 5.41) is 0. The number of rotatable bonds is 4. The Bertz CT molecular complexity index is 590. The number of anilines is 1. The molecular formula is C14H13F2NOS. The van der Waals surface area contributed by atoms with Gasteiger partial charge in [0.25, 0.3) is 0 Å². The van der Waals surface area contributed by atoms with E-state index < -0.39 is 11.6 Å². The number of nitrogens with two attached hydrogens (primary N) is 1. The van der Waals surface area contributed by atoms with Crippen molar-refractivity contribution in [1.82, 2.24) is 0 Å². The number of hydrogen-bond acceptors (Lipinski definition) is 3. The predicted molar refractivity (Wildman–Crippen MR) is 72.5 cm³/mol. The van der Waals surface area contributed by atoms with E-state index in [4.69, 9.17) is 10.5 Å². The molecule has 0 saturated heterocycles. The first kappa shape index (κ1) is 13.7. The zero-order valence-electron chi connectivity index (χ0n) is 10.3. The SMILES string of the molecule is CCOc1cc(N)cc(Sc2ccc(F)c(F)c2)c1. The van der Waals surface area contributed by atoms with Crippen molar-refractivity contribution in [2.75, 3.05) is 12.3 Å². The highest BCUT2D eigenvalue weighted by molar-refractivity contribution is 7.99. The number of ether oxygens (including phenoxy) is 1. The van der Waals surface area contributed by atoms with Gasteiger partial charge in [0.2, 0.25) is 0 Å². The third-order valence-electron chi connectivity index (χ3n) is 2.34. The van der Waals surface area contributed by atoms with Crippen molar-refractivity contribution in [3.8, 4) is 5.75 Å². The molecule has 0 unspecified atom stereocenters. The minimum atomic E-state index is -0.862. The monoisotopic (exact) mass is 281 g/mol. The average molecular weight is 281 g/mol. The minimum Gasteiger partial charge on any atom is -0.494 e. The van der Waals surface area contributed by atoms with Gasteiger partial charge in [0.15, 0.2) is 11.6 Å². The van der Waals surface area contributed by atoms with Gasteiger partial charge in [0.1, 0.15) is 5.75 Å². The van der Waals surface area contributed by atoms with E-state index in [0.717, 1.165) is 17.0 Å². The van der Waals surface area contributed by atoms with E-state index in [-0.39, 0.29) is 0 Å². The maximum absolute atomic E-state index is 13.1. The van der Waals surface area contributed by atoms with Gasteiger partial charge in [-0.05, 0) is 37.3 Å². The van der Waals surface area contributed by atoms with Gasteiger partial charge in [-0.15, -0.1) is 0 Å². The number of benzene rings is 2. The summed E-state index contributed by atoms with van der Waals surface area (Å²) in [5.41, 5.74) is 6.34. The summed E-state index contributed by atoms with van der Waals surface area (Å²) in [6, 6.07) is 9.07. The first-order valence-electron chi connectivity index (χ1n) is 5.74. The van der Waals surface area contributed by atoms with Crippen LogP contribution in [0.3, 0.4) is 0 Å². The van der Waals surface area contributed by atoms with Crippen molar-refractivity contribution in [2.45, 2.75) is 16.7 Å². The van der Waals surface area contributed by atoms with Crippen LogP contribution >= 0.6 is 11.8 Å². The summed E-state index contributed by atoms with van der Waals surface area (Å²) in [6.07, 6.45) is 0. The average Bonchev–Trinajstić information content (AvgIpc) is 2.33. The standard InChI is InChI=1S/C14H13F2NOS/c1-2-18-10-5-9(17)6-12(7-10)19-11-3-4-13(15)14(16)8-11/h3-8H,2,17H2,1H3. The van der Waals surface area contributed by atoms with E-state index in [9.17, 15) is 8.78 Å². The molecule has 0 amide bonds. The molecule has 0 atom stereocenters. The normalized spacial score (nSPS) is 10.5. The van der Waals surface area contributed by atoms with Gasteiger partial charge in [0, 0.05) is 21.5 Å². The third-order valence-corrected chi connectivity index (χ3v) is 3.30. The highest BCUT2D eigenvalue weighted by Gasteiger charge is 2.06. The van der Waals surface area contributed by atoms with Crippen LogP contribution in [0, 0.1) is 11.6 Å². The summed E-state index contributed by atoms with van der Waals surface area (Å²) >= 11 is 1.30. The van der Waals surface area contributed by atoms with Gasteiger partial charge >= 0.3 is 0 Å². The summed E-state index contributed by atoms with van der Waals surface area (Å²) in [4.78, 5) is 1.42. The Morgan fingerprint density at radius 2 is 1.84 bits per heavy atom. The van der Waals surface area contributed by atoms with Crippen LogP contribution in [0.4, 0.5) is 14.5 Å². The molecule has 2 N–H and O–H groups in total. The highest BCUT2D eigenvalue weighted by Crippen LogP contribution is 2.32. The van der Waals surface area contributed by atoms with Crippen molar-refractivity contribution >= 4 is 17.4 Å². The van der Waals surface area contributed by atoms with Gasteiger partial charge in [-0.25, -0.2) is 8.78 Å². The van der Waals surface area contributed by atoms with Gasteiger partial charge in [-0.3, -0.25) is 0 Å². The van der Waals surface area contributed by atoms with Crippen LogP contribution in [0.2, 0.25) is 0 Å². The van der Waals surface area contributed by atoms with Crippen LogP contribution in [0.1, 0.15) is 6.92 Å². The van der Waals surface area contributed by atoms with Crippen molar-refractivity contribution in [2.24, 2.45) is 0 Å². The maximum atomic E-state index is 13.1. The molecule has 0 spiro atoms. The van der Waals surface area contributed by atoms with Crippen LogP contribution in [0.15, 0.2) is 46.2 Å². The second-order valence-corrected chi connectivity index (χ2v) is 5.00. The van der Waals surface area contributed by atoms with Gasteiger partial charge in [-0.1, -0.05) is 11.8 Å². The lowest BCUT2D eigenvalue weighted by molar-refractivity contribution is 0.339. The van der Waals surface area contributed by atoms with Crippen molar-refractivity contribution in [1.29, 1.82) is 0 Å². The second kappa shape index (κ2) is 5.93. The molecule has 5 heteroatoms. The second-order valence-electron chi connectivity index (χ2n) is 3.85. The summed E-state index contributed by atoms with van der Waals surface area (Å²) in [6.45, 7) is 2.42. The molecule has 0 radical (unpaired) electrons. The van der Waals surface area contributed by atoms with E-state index in [1.165, 1.54) is 17.8 Å². The Kier molecular flexibility index (Phi) is 4.27. The van der Waals surface area contributed by atoms with Crippen LogP contribution in [-0.4, -0.2) is 6.61 Å². The fourth-order valence-electron chi connectivity index (χ4n) is 1.58. The first-order valence-corrected chi connectivity index (χ1v) is 6.56. The number of nitrogen functional groups attached to an aromatic ring is 1. The van der Waals surface area contributed by atoms with E-state index in [1.807, 2.05) is 13.0 Å². The maximum Gasteiger partial charge on any atom is 0.159 e. The first-order chi connectivity index (χ1) is 9.08. The van der Waals surface area contributed by atoms with E-state index in [2.05, 4.69) is 0 Å². The lowest BCUT2D eigenvalue weighted by Gasteiger charge is -2.08. The molecule has 0 fully saturated rings. The van der Waals surface area contributed by atoms with E-state index in [0.29, 0.717) is 22.9 Å². The van der Waals surface area contributed by atoms with Crippen LogP contribution in [0.5, 0.6) is 5.75 Å². The van der Waals surface area contributed by atoms with Crippen LogP contribution in [-0.2, 0) is 0 Å². The molecular weight excluding hydrogens is 268 g/mol. The molecule has 2 nitrogen and oxygen atoms in total. The summed E-state index contributed by atoms with van der Waals surface area (Å²) in [7, 11) is 0. The van der Waals surface area contributed by atoms with Gasteiger partial charge < -0.3 is 10.5 Å². The van der Waals surface area contributed by atoms with Gasteiger partial charge in [-0.2, -0.15) is 0 Å². The topological polar surface area (TPSA) is 35.2 Å². The Morgan fingerprint density at radius 1 is 1.05 bits per heavy atom. The molecule has 19 heavy (non-hydrogen) atoms. The molecule has 2 aromatic carbocycles. The zero-order valence-corrected chi connectivity index (χ0v) is 11.1. The minimum absolute atomic E-state index is 0.540. The molecule has 0 saturated carbocycles. The largest absolute Gasteiger partial charge is 0.494 e. The van der Waals surface area contributed by atoms with Crippen LogP contribution in [0.25, 0.3) is 0 Å². The lowest BCUT2D eigenvalue weighted by Crippen LogP contribution is -1.94. The Labute approximate surface area is 114 Å². The predicted octanol–water partition coefficient (Wildman–Crippen LogP) is 4.10. The molecule has 2 rings (SSSR count). The molecule has 100 valence electrons. The molecule has 0 aliphatic heterocycles. The van der Waals surface area contributed by atoms with Crippen molar-refractivity contribution in [3.05, 3.63) is 48.0 Å². The molecule has 0 aliphatic carbocycles. The molecule has 0 aliphatic rings. The molecule has 2 aromatic rings. The van der Waals surface area contributed by atoms with Gasteiger partial charge in [0.05, 0.1) is 6.61 Å².